The molecule has 0 aliphatic carbocycles. The summed E-state index contributed by atoms with van der Waals surface area (Å²) in [6.07, 6.45) is 2.19. The lowest BCUT2D eigenvalue weighted by Crippen LogP contribution is -2.38. The molecule has 1 aromatic heterocycles. The zero-order chi connectivity index (χ0) is 15.7. The van der Waals surface area contributed by atoms with Gasteiger partial charge in [-0.1, -0.05) is 25.1 Å². The molecular weight excluding hydrogens is 274 g/mol. The minimum Gasteiger partial charge on any atom is -0.339 e. The van der Waals surface area contributed by atoms with Crippen LogP contribution in [0.2, 0.25) is 0 Å². The highest BCUT2D eigenvalue weighted by molar-refractivity contribution is 5.96. The van der Waals surface area contributed by atoms with Crippen LogP contribution in [0, 0.1) is 19.8 Å². The summed E-state index contributed by atoms with van der Waals surface area (Å²) in [7, 11) is 0. The van der Waals surface area contributed by atoms with Gasteiger partial charge in [0.2, 0.25) is 0 Å². The first-order valence-corrected chi connectivity index (χ1v) is 7.99. The van der Waals surface area contributed by atoms with E-state index in [2.05, 4.69) is 12.0 Å². The zero-order valence-electron chi connectivity index (χ0n) is 13.5. The fraction of sp³-hybridized carbons (Fsp3) is 0.444. The van der Waals surface area contributed by atoms with E-state index in [9.17, 15) is 4.79 Å². The van der Waals surface area contributed by atoms with Crippen LogP contribution in [0.15, 0.2) is 30.3 Å². The normalized spacial score (nSPS) is 16.0. The molecule has 1 amide bonds. The van der Waals surface area contributed by atoms with Crippen LogP contribution in [0.1, 0.15) is 41.5 Å². The van der Waals surface area contributed by atoms with E-state index in [0.29, 0.717) is 0 Å². The van der Waals surface area contributed by atoms with E-state index in [4.69, 9.17) is 0 Å². The third-order valence-electron chi connectivity index (χ3n) is 4.58. The minimum atomic E-state index is 0.129. The molecule has 0 N–H and O–H groups in total. The van der Waals surface area contributed by atoms with Crippen molar-refractivity contribution in [2.75, 3.05) is 13.1 Å². The molecule has 1 aliphatic heterocycles. The number of hydrogen-bond acceptors (Lipinski definition) is 2. The highest BCUT2D eigenvalue weighted by Crippen LogP contribution is 2.23. The Morgan fingerprint density at radius 1 is 1.14 bits per heavy atom. The first kappa shape index (κ1) is 14.8. The van der Waals surface area contributed by atoms with Gasteiger partial charge in [0.1, 0.15) is 0 Å². The molecule has 116 valence electrons. The van der Waals surface area contributed by atoms with Crippen LogP contribution in [-0.4, -0.2) is 33.7 Å². The largest absolute Gasteiger partial charge is 0.339 e. The number of hydrogen-bond donors (Lipinski definition) is 0. The van der Waals surface area contributed by atoms with Gasteiger partial charge in [0, 0.05) is 13.1 Å². The van der Waals surface area contributed by atoms with Gasteiger partial charge in [0.05, 0.1) is 22.6 Å². The quantitative estimate of drug-likeness (QED) is 0.852. The van der Waals surface area contributed by atoms with Gasteiger partial charge in [0.15, 0.2) is 0 Å². The number of aromatic nitrogens is 2. The van der Waals surface area contributed by atoms with Crippen molar-refractivity contribution >= 4 is 5.91 Å². The number of carbonyl (C=O) groups excluding carboxylic acids is 1. The number of likely N-dealkylation sites (tertiary alicyclic amines) is 1. The van der Waals surface area contributed by atoms with E-state index >= 15 is 0 Å². The second-order valence-corrected chi connectivity index (χ2v) is 6.27. The second-order valence-electron chi connectivity index (χ2n) is 6.27. The Hall–Kier alpha value is -2.10. The summed E-state index contributed by atoms with van der Waals surface area (Å²) in [5, 5.41) is 4.58. The van der Waals surface area contributed by atoms with E-state index in [1.807, 2.05) is 53.8 Å². The summed E-state index contributed by atoms with van der Waals surface area (Å²) < 4.78 is 1.87. The third-order valence-corrected chi connectivity index (χ3v) is 4.58. The molecule has 0 radical (unpaired) electrons. The highest BCUT2D eigenvalue weighted by Gasteiger charge is 2.26. The van der Waals surface area contributed by atoms with Crippen LogP contribution in [0.3, 0.4) is 0 Å². The Kier molecular flexibility index (Phi) is 4.01. The Balaban J connectivity index is 1.91. The summed E-state index contributed by atoms with van der Waals surface area (Å²) in [5.74, 6) is 0.849. The molecule has 4 heteroatoms. The smallest absolute Gasteiger partial charge is 0.257 e. The molecule has 1 saturated heterocycles. The van der Waals surface area contributed by atoms with E-state index in [-0.39, 0.29) is 5.91 Å². The van der Waals surface area contributed by atoms with Crippen LogP contribution in [0.4, 0.5) is 0 Å². The number of carbonyl (C=O) groups is 1. The van der Waals surface area contributed by atoms with Gasteiger partial charge < -0.3 is 4.90 Å². The monoisotopic (exact) mass is 297 g/mol. The fourth-order valence-corrected chi connectivity index (χ4v) is 3.14. The lowest BCUT2D eigenvalue weighted by molar-refractivity contribution is 0.0695. The second kappa shape index (κ2) is 5.95. The molecule has 2 heterocycles. The van der Waals surface area contributed by atoms with E-state index < -0.39 is 0 Å². The zero-order valence-corrected chi connectivity index (χ0v) is 13.5. The van der Waals surface area contributed by atoms with E-state index in [1.54, 1.807) is 0 Å². The molecule has 1 aromatic carbocycles. The predicted octanol–water partition coefficient (Wildman–Crippen LogP) is 3.36. The van der Waals surface area contributed by atoms with Crippen LogP contribution >= 0.6 is 0 Å². The molecule has 1 fully saturated rings. The Labute approximate surface area is 131 Å². The first-order chi connectivity index (χ1) is 10.6. The van der Waals surface area contributed by atoms with Crippen LogP contribution in [0.25, 0.3) is 5.69 Å². The molecule has 1 aliphatic rings. The molecule has 0 atom stereocenters. The van der Waals surface area contributed by atoms with Crippen LogP contribution in [-0.2, 0) is 0 Å². The van der Waals surface area contributed by atoms with Gasteiger partial charge in [-0.3, -0.25) is 4.79 Å². The summed E-state index contributed by atoms with van der Waals surface area (Å²) >= 11 is 0. The van der Waals surface area contributed by atoms with Crippen molar-refractivity contribution < 1.29 is 4.79 Å². The SMILES string of the molecule is Cc1nn(-c2ccccc2)c(C)c1C(=O)N1CCC(C)CC1. The van der Waals surface area contributed by atoms with Gasteiger partial charge in [-0.2, -0.15) is 5.10 Å². The van der Waals surface area contributed by atoms with E-state index in [0.717, 1.165) is 54.5 Å². The van der Waals surface area contributed by atoms with Crippen molar-refractivity contribution in [3.63, 3.8) is 0 Å². The predicted molar refractivity (Wildman–Crippen MR) is 87.3 cm³/mol. The van der Waals surface area contributed by atoms with Crippen molar-refractivity contribution in [1.82, 2.24) is 14.7 Å². The maximum atomic E-state index is 12.9. The Morgan fingerprint density at radius 2 is 1.77 bits per heavy atom. The lowest BCUT2D eigenvalue weighted by atomic mass is 9.98. The Bertz CT molecular complexity index is 667. The molecule has 22 heavy (non-hydrogen) atoms. The van der Waals surface area contributed by atoms with Gasteiger partial charge in [-0.05, 0) is 44.7 Å². The van der Waals surface area contributed by atoms with Crippen LogP contribution < -0.4 is 0 Å². The number of nitrogens with zero attached hydrogens (tertiary/aromatic N) is 3. The van der Waals surface area contributed by atoms with Gasteiger partial charge in [-0.15, -0.1) is 0 Å². The fourth-order valence-electron chi connectivity index (χ4n) is 3.14. The summed E-state index contributed by atoms with van der Waals surface area (Å²) in [6, 6.07) is 9.97. The van der Waals surface area contributed by atoms with Gasteiger partial charge in [-0.25, -0.2) is 4.68 Å². The summed E-state index contributed by atoms with van der Waals surface area (Å²) in [5.41, 5.74) is 3.49. The van der Waals surface area contributed by atoms with E-state index in [1.165, 1.54) is 0 Å². The molecule has 2 aromatic rings. The van der Waals surface area contributed by atoms with Crippen LogP contribution in [0.5, 0.6) is 0 Å². The first-order valence-electron chi connectivity index (χ1n) is 7.99. The van der Waals surface area contributed by atoms with Gasteiger partial charge in [0.25, 0.3) is 5.91 Å². The lowest BCUT2D eigenvalue weighted by Gasteiger charge is -2.30. The molecule has 0 spiro atoms. The number of amides is 1. The number of rotatable bonds is 2. The molecule has 4 nitrogen and oxygen atoms in total. The van der Waals surface area contributed by atoms with Gasteiger partial charge >= 0.3 is 0 Å². The highest BCUT2D eigenvalue weighted by atomic mass is 16.2. The average molecular weight is 297 g/mol. The molecule has 3 rings (SSSR count). The Morgan fingerprint density at radius 3 is 2.41 bits per heavy atom. The molecule has 0 bridgehead atoms. The number of para-hydroxylation sites is 1. The van der Waals surface area contributed by atoms with Crippen molar-refractivity contribution in [2.24, 2.45) is 5.92 Å². The maximum absolute atomic E-state index is 12.9. The minimum absolute atomic E-state index is 0.129. The van der Waals surface area contributed by atoms with Crippen molar-refractivity contribution in [3.8, 4) is 5.69 Å². The number of aryl methyl sites for hydroxylation is 1. The molecule has 0 saturated carbocycles. The molecule has 0 unspecified atom stereocenters. The van der Waals surface area contributed by atoms with Crippen molar-refractivity contribution in [3.05, 3.63) is 47.3 Å². The number of piperidine rings is 1. The third kappa shape index (κ3) is 2.65. The van der Waals surface area contributed by atoms with Crippen molar-refractivity contribution in [2.45, 2.75) is 33.6 Å². The summed E-state index contributed by atoms with van der Waals surface area (Å²) in [4.78, 5) is 14.8. The van der Waals surface area contributed by atoms with Crippen molar-refractivity contribution in [1.29, 1.82) is 0 Å². The molecular formula is C18H23N3O. The maximum Gasteiger partial charge on any atom is 0.257 e. The standard InChI is InChI=1S/C18H23N3O/c1-13-9-11-20(12-10-13)18(22)17-14(2)19-21(15(17)3)16-7-5-4-6-8-16/h4-8,13H,9-12H2,1-3H3. The topological polar surface area (TPSA) is 38.1 Å². The summed E-state index contributed by atoms with van der Waals surface area (Å²) in [6.45, 7) is 7.87. The average Bonchev–Trinajstić information content (AvgIpc) is 2.83. The number of benzene rings is 1.